The van der Waals surface area contributed by atoms with Gasteiger partial charge in [-0.25, -0.2) is 4.98 Å². The van der Waals surface area contributed by atoms with Crippen LogP contribution in [-0.2, 0) is 4.79 Å². The van der Waals surface area contributed by atoms with Gasteiger partial charge in [0.2, 0.25) is 5.78 Å². The minimum atomic E-state index is -1.19. The first-order valence-electron chi connectivity index (χ1n) is 11.3. The molecule has 0 radical (unpaired) electrons. The number of nitrogens with zero attached hydrogens (tertiary/aromatic N) is 3. The molecule has 0 spiro atoms. The number of rotatable bonds is 6. The summed E-state index contributed by atoms with van der Waals surface area (Å²) in [6, 6.07) is 18.1. The Hall–Kier alpha value is -5.03. The highest BCUT2D eigenvalue weighted by Crippen LogP contribution is 2.45. The lowest BCUT2D eigenvalue weighted by molar-refractivity contribution is -0.384. The summed E-state index contributed by atoms with van der Waals surface area (Å²) in [7, 11) is 1.53. The molecule has 0 saturated heterocycles. The van der Waals surface area contributed by atoms with Crippen molar-refractivity contribution in [3.63, 3.8) is 0 Å². The third-order valence-corrected chi connectivity index (χ3v) is 7.31. The molecule has 1 aliphatic heterocycles. The molecule has 5 aromatic rings. The Labute approximate surface area is 218 Å². The predicted molar refractivity (Wildman–Crippen MR) is 140 cm³/mol. The Kier molecular flexibility index (Phi) is 5.42. The molecule has 0 fully saturated rings. The Morgan fingerprint density at radius 2 is 1.95 bits per heavy atom. The van der Waals surface area contributed by atoms with Gasteiger partial charge >= 0.3 is 0 Å². The fourth-order valence-corrected chi connectivity index (χ4v) is 5.53. The van der Waals surface area contributed by atoms with Crippen LogP contribution in [0.3, 0.4) is 0 Å². The molecule has 1 atom stereocenters. The molecule has 3 heterocycles. The Bertz CT molecular complexity index is 1790. The zero-order chi connectivity index (χ0) is 26.6. The second-order valence-electron chi connectivity index (χ2n) is 8.50. The number of nitro groups is 1. The number of para-hydroxylation sites is 1. The maximum Gasteiger partial charge on any atom is 0.296 e. The van der Waals surface area contributed by atoms with Crippen LogP contribution in [0.5, 0.6) is 5.75 Å². The lowest BCUT2D eigenvalue weighted by Crippen LogP contribution is -2.31. The van der Waals surface area contributed by atoms with Crippen LogP contribution in [0.25, 0.3) is 21.2 Å². The smallest absolute Gasteiger partial charge is 0.296 e. The fraction of sp³-hybridized carbons (Fsp3) is 0.0741. The van der Waals surface area contributed by atoms with Crippen molar-refractivity contribution in [3.8, 4) is 5.75 Å². The number of fused-ring (bicyclic) bond motifs is 2. The van der Waals surface area contributed by atoms with Crippen molar-refractivity contribution in [2.24, 2.45) is 0 Å². The van der Waals surface area contributed by atoms with Crippen LogP contribution < -0.4 is 9.64 Å². The molecule has 3 aromatic carbocycles. The molecule has 11 heteroatoms. The number of carbonyl (C=O) groups is 2. The maximum absolute atomic E-state index is 13.7. The molecule has 0 aliphatic carbocycles. The Morgan fingerprint density at radius 3 is 2.71 bits per heavy atom. The second-order valence-corrected chi connectivity index (χ2v) is 9.51. The van der Waals surface area contributed by atoms with Crippen LogP contribution in [0.4, 0.5) is 10.8 Å². The van der Waals surface area contributed by atoms with E-state index < -0.39 is 28.4 Å². The number of ether oxygens (including phenoxy) is 1. The summed E-state index contributed by atoms with van der Waals surface area (Å²) in [5.41, 5.74) is 0.808. The fourth-order valence-electron chi connectivity index (χ4n) is 4.51. The van der Waals surface area contributed by atoms with Gasteiger partial charge in [0.05, 0.1) is 33.9 Å². The number of hydrogen-bond acceptors (Lipinski definition) is 9. The predicted octanol–water partition coefficient (Wildman–Crippen LogP) is 5.74. The summed E-state index contributed by atoms with van der Waals surface area (Å²) >= 11 is 1.16. The van der Waals surface area contributed by atoms with Gasteiger partial charge in [-0.05, 0) is 35.9 Å². The van der Waals surface area contributed by atoms with Crippen LogP contribution in [0.2, 0.25) is 0 Å². The number of amides is 1. The number of aliphatic hydroxyl groups excluding tert-OH is 1. The number of hydrogen-bond donors (Lipinski definition) is 1. The number of furan rings is 1. The van der Waals surface area contributed by atoms with Crippen LogP contribution in [0.15, 0.2) is 88.5 Å². The molecular formula is C27H17N3O7S. The number of aliphatic hydroxyl groups is 1. The third kappa shape index (κ3) is 3.68. The van der Waals surface area contributed by atoms with Crippen LogP contribution >= 0.6 is 11.3 Å². The SMILES string of the molecule is COc1ccc2nc(N3C(=O)C(O)=C(C(=O)c4cc5ccccc5o4)C3c3cccc([N+](=O)[O-])c3)sc2c1. The molecule has 6 rings (SSSR count). The van der Waals surface area contributed by atoms with E-state index in [4.69, 9.17) is 9.15 Å². The average Bonchev–Trinajstić information content (AvgIpc) is 3.62. The Balaban J connectivity index is 1.52. The molecular weight excluding hydrogens is 510 g/mol. The number of aromatic nitrogens is 1. The van der Waals surface area contributed by atoms with Gasteiger partial charge in [-0.3, -0.25) is 24.6 Å². The molecule has 188 valence electrons. The highest BCUT2D eigenvalue weighted by Gasteiger charge is 2.47. The summed E-state index contributed by atoms with van der Waals surface area (Å²) in [4.78, 5) is 43.9. The highest BCUT2D eigenvalue weighted by molar-refractivity contribution is 7.22. The number of anilines is 1. The van der Waals surface area contributed by atoms with E-state index in [0.29, 0.717) is 26.9 Å². The van der Waals surface area contributed by atoms with Gasteiger partial charge in [0, 0.05) is 17.5 Å². The van der Waals surface area contributed by atoms with Crippen molar-refractivity contribution in [3.05, 3.63) is 106 Å². The van der Waals surface area contributed by atoms with E-state index in [0.717, 1.165) is 11.3 Å². The van der Waals surface area contributed by atoms with E-state index in [9.17, 15) is 24.8 Å². The van der Waals surface area contributed by atoms with E-state index in [1.54, 1.807) is 48.5 Å². The number of thiazole rings is 1. The third-order valence-electron chi connectivity index (χ3n) is 6.29. The van der Waals surface area contributed by atoms with Crippen molar-refractivity contribution in [2.45, 2.75) is 6.04 Å². The first-order chi connectivity index (χ1) is 18.4. The Morgan fingerprint density at radius 1 is 1.13 bits per heavy atom. The average molecular weight is 528 g/mol. The van der Waals surface area contributed by atoms with E-state index >= 15 is 0 Å². The van der Waals surface area contributed by atoms with Gasteiger partial charge in [-0.15, -0.1) is 0 Å². The minimum absolute atomic E-state index is 0.0770. The quantitative estimate of drug-likeness (QED) is 0.168. The van der Waals surface area contributed by atoms with Crippen LogP contribution in [0.1, 0.15) is 22.2 Å². The first kappa shape index (κ1) is 23.4. The summed E-state index contributed by atoms with van der Waals surface area (Å²) in [5, 5.41) is 23.4. The van der Waals surface area contributed by atoms with E-state index in [1.807, 2.05) is 0 Å². The lowest BCUT2D eigenvalue weighted by atomic mass is 9.95. The van der Waals surface area contributed by atoms with E-state index in [-0.39, 0.29) is 27.7 Å². The van der Waals surface area contributed by atoms with E-state index in [1.165, 1.54) is 36.3 Å². The van der Waals surface area contributed by atoms with Gasteiger partial charge < -0.3 is 14.3 Å². The van der Waals surface area contributed by atoms with Gasteiger partial charge in [0.25, 0.3) is 11.6 Å². The number of nitro benzene ring substituents is 1. The number of Topliss-reactive ketones (excluding diaryl/α,β-unsaturated/α-hetero) is 1. The molecule has 1 unspecified atom stereocenters. The number of carbonyl (C=O) groups excluding carboxylic acids is 2. The molecule has 10 nitrogen and oxygen atoms in total. The minimum Gasteiger partial charge on any atom is -0.503 e. The monoisotopic (exact) mass is 527 g/mol. The number of methoxy groups -OCH3 is 1. The van der Waals surface area contributed by atoms with Crippen molar-refractivity contribution in [1.29, 1.82) is 0 Å². The zero-order valence-corrected chi connectivity index (χ0v) is 20.5. The van der Waals surface area contributed by atoms with Crippen molar-refractivity contribution in [1.82, 2.24) is 4.98 Å². The molecule has 1 N–H and O–H groups in total. The summed E-state index contributed by atoms with van der Waals surface area (Å²) in [6.07, 6.45) is 0. The van der Waals surface area contributed by atoms with Gasteiger partial charge in [-0.2, -0.15) is 0 Å². The first-order valence-corrected chi connectivity index (χ1v) is 12.2. The zero-order valence-electron chi connectivity index (χ0n) is 19.7. The molecule has 0 bridgehead atoms. The summed E-state index contributed by atoms with van der Waals surface area (Å²) < 4.78 is 11.7. The topological polar surface area (TPSA) is 136 Å². The molecule has 38 heavy (non-hydrogen) atoms. The highest BCUT2D eigenvalue weighted by atomic mass is 32.1. The van der Waals surface area contributed by atoms with Gasteiger partial charge in [0.1, 0.15) is 11.3 Å². The standard InChI is InChI=1S/C27H17N3O7S/c1-36-17-9-10-18-21(13-17)38-27(28-18)29-23(15-6-4-7-16(11-15)30(34)35)22(25(32)26(29)33)24(31)20-12-14-5-2-3-8-19(14)37-20/h2-13,23,32H,1H3. The normalized spacial score (nSPS) is 15.6. The van der Waals surface area contributed by atoms with Crippen molar-refractivity contribution >= 4 is 55.0 Å². The number of ketones is 1. The summed E-state index contributed by atoms with van der Waals surface area (Å²) in [6.45, 7) is 0. The van der Waals surface area contributed by atoms with Crippen LogP contribution in [0, 0.1) is 10.1 Å². The molecule has 1 aliphatic rings. The second kappa shape index (κ2) is 8.82. The molecule has 0 saturated carbocycles. The van der Waals surface area contributed by atoms with Crippen LogP contribution in [-0.4, -0.2) is 33.8 Å². The molecule has 1 amide bonds. The van der Waals surface area contributed by atoms with Gasteiger partial charge in [-0.1, -0.05) is 41.7 Å². The van der Waals surface area contributed by atoms with Crippen molar-refractivity contribution < 1.29 is 28.8 Å². The number of non-ortho nitro benzene ring substituents is 1. The largest absolute Gasteiger partial charge is 0.503 e. The van der Waals surface area contributed by atoms with E-state index in [2.05, 4.69) is 4.98 Å². The summed E-state index contributed by atoms with van der Waals surface area (Å²) in [5.74, 6) is -1.83. The maximum atomic E-state index is 13.7. The number of benzene rings is 3. The lowest BCUT2D eigenvalue weighted by Gasteiger charge is -2.24. The van der Waals surface area contributed by atoms with Gasteiger partial charge in [0.15, 0.2) is 16.7 Å². The van der Waals surface area contributed by atoms with Crippen molar-refractivity contribution in [2.75, 3.05) is 12.0 Å². The molecule has 2 aromatic heterocycles.